The van der Waals surface area contributed by atoms with Crippen molar-refractivity contribution in [1.29, 1.82) is 0 Å². The molecule has 1 heterocycles. The van der Waals surface area contributed by atoms with E-state index in [4.69, 9.17) is 11.6 Å². The number of anilines is 1. The molecule has 4 nitrogen and oxygen atoms in total. The highest BCUT2D eigenvalue weighted by atomic mass is 35.5. The molecule has 3 rings (SSSR count). The van der Waals surface area contributed by atoms with Gasteiger partial charge in [0.15, 0.2) is 0 Å². The average Bonchev–Trinajstić information content (AvgIpc) is 2.64. The Morgan fingerprint density at radius 3 is 2.42 bits per heavy atom. The Labute approximate surface area is 149 Å². The number of thioether (sulfide) groups is 1. The zero-order valence-electron chi connectivity index (χ0n) is 12.9. The van der Waals surface area contributed by atoms with Crippen LogP contribution < -0.4 is 10.9 Å². The van der Waals surface area contributed by atoms with Crippen LogP contribution in [0.1, 0.15) is 0 Å². The van der Waals surface area contributed by atoms with Crippen LogP contribution in [0, 0.1) is 0 Å². The first-order chi connectivity index (χ1) is 11.8. The highest BCUT2D eigenvalue weighted by molar-refractivity contribution is 7.99. The quantitative estimate of drug-likeness (QED) is 0.533. The molecule has 0 fully saturated rings. The fraction of sp³-hybridized carbons (Fsp3) is 0.111. The van der Waals surface area contributed by atoms with E-state index in [1.54, 1.807) is 18.0 Å². The minimum absolute atomic E-state index is 0.151. The van der Waals surface area contributed by atoms with Crippen LogP contribution in [0.5, 0.6) is 0 Å². The van der Waals surface area contributed by atoms with Gasteiger partial charge in [-0.2, -0.15) is 9.78 Å². The number of nitrogens with zero attached hydrogens (tertiary/aromatic N) is 2. The van der Waals surface area contributed by atoms with Crippen molar-refractivity contribution in [3.63, 3.8) is 0 Å². The van der Waals surface area contributed by atoms with E-state index in [2.05, 4.69) is 22.5 Å². The van der Waals surface area contributed by atoms with Crippen molar-refractivity contribution >= 4 is 29.1 Å². The van der Waals surface area contributed by atoms with Gasteiger partial charge in [0.05, 0.1) is 17.6 Å². The number of rotatable bonds is 6. The molecule has 1 aromatic heterocycles. The largest absolute Gasteiger partial charge is 0.382 e. The number of aromatic nitrogens is 2. The van der Waals surface area contributed by atoms with Crippen LogP contribution in [0.15, 0.2) is 76.6 Å². The monoisotopic (exact) mass is 357 g/mol. The van der Waals surface area contributed by atoms with Crippen LogP contribution in [0.2, 0.25) is 5.02 Å². The van der Waals surface area contributed by atoms with Gasteiger partial charge in [-0.05, 0) is 24.3 Å². The summed E-state index contributed by atoms with van der Waals surface area (Å²) < 4.78 is 1.30. The Bertz CT molecular complexity index is 853. The standard InChI is InChI=1S/C18H16ClN3OS/c19-17-16(20-11-12-24-15-9-5-2-6-10-15)13-21-22(18(17)23)14-7-3-1-4-8-14/h1-10,13,20H,11-12H2. The summed E-state index contributed by atoms with van der Waals surface area (Å²) >= 11 is 7.94. The first-order valence-electron chi connectivity index (χ1n) is 7.50. The second-order valence-corrected chi connectivity index (χ2v) is 6.56. The molecule has 0 bridgehead atoms. The highest BCUT2D eigenvalue weighted by Gasteiger charge is 2.10. The van der Waals surface area contributed by atoms with Crippen LogP contribution in [0.4, 0.5) is 5.69 Å². The summed E-state index contributed by atoms with van der Waals surface area (Å²) in [5, 5.41) is 7.52. The lowest BCUT2D eigenvalue weighted by molar-refractivity contribution is 0.807. The van der Waals surface area contributed by atoms with E-state index in [0.29, 0.717) is 17.9 Å². The van der Waals surface area contributed by atoms with E-state index in [1.807, 2.05) is 48.5 Å². The predicted molar refractivity (Wildman–Crippen MR) is 100 cm³/mol. The molecule has 0 aliphatic heterocycles. The van der Waals surface area contributed by atoms with E-state index in [1.165, 1.54) is 9.58 Å². The van der Waals surface area contributed by atoms with Crippen molar-refractivity contribution in [1.82, 2.24) is 9.78 Å². The minimum atomic E-state index is -0.330. The van der Waals surface area contributed by atoms with Gasteiger partial charge in [-0.25, -0.2) is 0 Å². The lowest BCUT2D eigenvalue weighted by Gasteiger charge is -2.10. The first-order valence-corrected chi connectivity index (χ1v) is 8.87. The molecule has 0 amide bonds. The molecular formula is C18H16ClN3OS. The second-order valence-electron chi connectivity index (χ2n) is 5.01. The molecule has 0 aliphatic carbocycles. The molecule has 24 heavy (non-hydrogen) atoms. The smallest absolute Gasteiger partial charge is 0.292 e. The van der Waals surface area contributed by atoms with Gasteiger partial charge in [0.2, 0.25) is 0 Å². The highest BCUT2D eigenvalue weighted by Crippen LogP contribution is 2.19. The van der Waals surface area contributed by atoms with Crippen molar-refractivity contribution < 1.29 is 0 Å². The Morgan fingerprint density at radius 2 is 1.71 bits per heavy atom. The van der Waals surface area contributed by atoms with Gasteiger partial charge in [0.1, 0.15) is 5.02 Å². The van der Waals surface area contributed by atoms with E-state index in [9.17, 15) is 4.79 Å². The van der Waals surface area contributed by atoms with Gasteiger partial charge in [-0.1, -0.05) is 48.0 Å². The van der Waals surface area contributed by atoms with Crippen molar-refractivity contribution in [3.05, 3.63) is 82.2 Å². The average molecular weight is 358 g/mol. The van der Waals surface area contributed by atoms with E-state index >= 15 is 0 Å². The first kappa shape index (κ1) is 16.6. The SMILES string of the molecule is O=c1c(Cl)c(NCCSc2ccccc2)cnn1-c1ccccc1. The predicted octanol–water partition coefficient (Wildman–Crippen LogP) is 4.09. The third-order valence-electron chi connectivity index (χ3n) is 3.35. The summed E-state index contributed by atoms with van der Waals surface area (Å²) in [5.41, 5.74) is 0.918. The fourth-order valence-electron chi connectivity index (χ4n) is 2.18. The van der Waals surface area contributed by atoms with Gasteiger partial charge in [-0.3, -0.25) is 4.79 Å². The molecule has 3 aromatic rings. The van der Waals surface area contributed by atoms with Gasteiger partial charge in [-0.15, -0.1) is 11.8 Å². The maximum Gasteiger partial charge on any atom is 0.292 e. The molecule has 122 valence electrons. The van der Waals surface area contributed by atoms with Crippen LogP contribution in [0.25, 0.3) is 5.69 Å². The number of hydrogen-bond donors (Lipinski definition) is 1. The zero-order chi connectivity index (χ0) is 16.8. The summed E-state index contributed by atoms with van der Waals surface area (Å²) in [6, 6.07) is 19.4. The Balaban J connectivity index is 1.65. The van der Waals surface area contributed by atoms with Crippen molar-refractivity contribution in [2.24, 2.45) is 0 Å². The summed E-state index contributed by atoms with van der Waals surface area (Å²) in [6.45, 7) is 0.690. The molecule has 0 spiro atoms. The van der Waals surface area contributed by atoms with Crippen molar-refractivity contribution in [3.8, 4) is 5.69 Å². The van der Waals surface area contributed by atoms with Crippen LogP contribution in [-0.4, -0.2) is 22.1 Å². The van der Waals surface area contributed by atoms with E-state index in [-0.39, 0.29) is 10.6 Å². The third-order valence-corrected chi connectivity index (χ3v) is 4.73. The molecule has 0 radical (unpaired) electrons. The minimum Gasteiger partial charge on any atom is -0.382 e. The van der Waals surface area contributed by atoms with Gasteiger partial charge in [0.25, 0.3) is 5.56 Å². The summed E-state index contributed by atoms with van der Waals surface area (Å²) in [6.07, 6.45) is 1.59. The topological polar surface area (TPSA) is 46.9 Å². The normalized spacial score (nSPS) is 10.5. The molecule has 0 aliphatic rings. The van der Waals surface area contributed by atoms with Gasteiger partial charge < -0.3 is 5.32 Å². The molecule has 0 saturated carbocycles. The molecule has 0 unspecified atom stereocenters. The summed E-state index contributed by atoms with van der Waals surface area (Å²) in [4.78, 5) is 13.6. The van der Waals surface area contributed by atoms with Crippen LogP contribution in [0.3, 0.4) is 0 Å². The number of benzene rings is 2. The van der Waals surface area contributed by atoms with E-state index in [0.717, 1.165) is 5.75 Å². The number of para-hydroxylation sites is 1. The number of nitrogens with one attached hydrogen (secondary N) is 1. The van der Waals surface area contributed by atoms with Crippen molar-refractivity contribution in [2.45, 2.75) is 4.90 Å². The van der Waals surface area contributed by atoms with Crippen LogP contribution >= 0.6 is 23.4 Å². The van der Waals surface area contributed by atoms with Crippen molar-refractivity contribution in [2.75, 3.05) is 17.6 Å². The van der Waals surface area contributed by atoms with Gasteiger partial charge >= 0.3 is 0 Å². The fourth-order valence-corrected chi connectivity index (χ4v) is 3.17. The lowest BCUT2D eigenvalue weighted by Crippen LogP contribution is -2.23. The second kappa shape index (κ2) is 8.04. The molecular weight excluding hydrogens is 342 g/mol. The maximum atomic E-state index is 12.4. The summed E-state index contributed by atoms with van der Waals surface area (Å²) in [5.74, 6) is 0.863. The Kier molecular flexibility index (Phi) is 5.56. The lowest BCUT2D eigenvalue weighted by atomic mass is 10.3. The number of hydrogen-bond acceptors (Lipinski definition) is 4. The molecule has 6 heteroatoms. The van der Waals surface area contributed by atoms with Gasteiger partial charge in [0, 0.05) is 17.2 Å². The zero-order valence-corrected chi connectivity index (χ0v) is 14.4. The molecule has 1 N–H and O–H groups in total. The van der Waals surface area contributed by atoms with Crippen LogP contribution in [-0.2, 0) is 0 Å². The maximum absolute atomic E-state index is 12.4. The summed E-state index contributed by atoms with van der Waals surface area (Å²) in [7, 11) is 0. The van der Waals surface area contributed by atoms with E-state index < -0.39 is 0 Å². The Hall–Kier alpha value is -2.24. The molecule has 0 saturated heterocycles. The Morgan fingerprint density at radius 1 is 1.04 bits per heavy atom. The molecule has 0 atom stereocenters. The number of halogens is 1. The molecule has 2 aromatic carbocycles. The third kappa shape index (κ3) is 3.99.